The molecule has 3 nitrogen and oxygen atoms in total. The lowest BCUT2D eigenvalue weighted by atomic mass is 10.0. The summed E-state index contributed by atoms with van der Waals surface area (Å²) >= 11 is 0. The standard InChI is InChI=1S/C23H49N3S/c1-12-14-16-20(24-7)17-21(18-27(9,10,11)23(4,5)6)26-22(25-8)19(3)15-13-2/h20-21,24,27H,3,8,12-18H2,1-2,4-7,9-11H3/b26-22-. The van der Waals surface area contributed by atoms with Crippen molar-refractivity contribution in [2.45, 2.75) is 90.0 Å². The minimum atomic E-state index is -1.92. The lowest BCUT2D eigenvalue weighted by molar-refractivity contribution is 0.443. The van der Waals surface area contributed by atoms with E-state index in [9.17, 15) is 0 Å². The number of hydrogen-bond acceptors (Lipinski definition) is 2. The van der Waals surface area contributed by atoms with Crippen LogP contribution in [0.4, 0.5) is 0 Å². The maximum Gasteiger partial charge on any atom is 0.149 e. The van der Waals surface area contributed by atoms with E-state index >= 15 is 0 Å². The Morgan fingerprint density at radius 3 is 2.11 bits per heavy atom. The largest absolute Gasteiger partial charge is 0.317 e. The first kappa shape index (κ1) is 26.4. The monoisotopic (exact) mass is 399 g/mol. The van der Waals surface area contributed by atoms with Crippen molar-refractivity contribution < 1.29 is 0 Å². The van der Waals surface area contributed by atoms with Gasteiger partial charge in [-0.05, 0) is 67.9 Å². The summed E-state index contributed by atoms with van der Waals surface area (Å²) in [5.41, 5.74) is 1.02. The number of aliphatic imine (C=N–C) groups is 2. The van der Waals surface area contributed by atoms with E-state index in [4.69, 9.17) is 4.99 Å². The van der Waals surface area contributed by atoms with E-state index in [1.165, 1.54) is 19.3 Å². The Labute approximate surface area is 170 Å². The van der Waals surface area contributed by atoms with Gasteiger partial charge in [0.05, 0.1) is 6.04 Å². The third-order valence-electron chi connectivity index (χ3n) is 6.53. The van der Waals surface area contributed by atoms with Crippen LogP contribution in [0.3, 0.4) is 0 Å². The van der Waals surface area contributed by atoms with Crippen LogP contribution in [0.1, 0.15) is 73.1 Å². The van der Waals surface area contributed by atoms with Gasteiger partial charge in [0.2, 0.25) is 0 Å². The van der Waals surface area contributed by atoms with Gasteiger partial charge in [-0.2, -0.15) is 0 Å². The van der Waals surface area contributed by atoms with E-state index < -0.39 is 9.16 Å². The zero-order valence-corrected chi connectivity index (χ0v) is 20.8. The maximum atomic E-state index is 5.13. The molecule has 0 aromatic carbocycles. The fourth-order valence-corrected chi connectivity index (χ4v) is 5.42. The zero-order chi connectivity index (χ0) is 21.3. The second kappa shape index (κ2) is 10.8. The molecule has 0 spiro atoms. The van der Waals surface area contributed by atoms with Crippen LogP contribution in [0, 0.1) is 0 Å². The Morgan fingerprint density at radius 2 is 1.70 bits per heavy atom. The second-order valence-corrected chi connectivity index (χ2v) is 18.4. The summed E-state index contributed by atoms with van der Waals surface area (Å²) < 4.78 is 0.292. The minimum Gasteiger partial charge on any atom is -0.317 e. The molecule has 2 unspecified atom stereocenters. The number of nitrogens with one attached hydrogen (secondary N) is 1. The summed E-state index contributed by atoms with van der Waals surface area (Å²) in [5.74, 6) is 1.91. The van der Waals surface area contributed by atoms with Crippen LogP contribution in [0.5, 0.6) is 0 Å². The molecule has 0 aliphatic rings. The molecule has 27 heavy (non-hydrogen) atoms. The van der Waals surface area contributed by atoms with Crippen LogP contribution >= 0.6 is 9.16 Å². The third-order valence-corrected chi connectivity index (χ3v) is 13.2. The van der Waals surface area contributed by atoms with Gasteiger partial charge >= 0.3 is 0 Å². The smallest absolute Gasteiger partial charge is 0.149 e. The van der Waals surface area contributed by atoms with Crippen molar-refractivity contribution in [1.29, 1.82) is 0 Å². The Morgan fingerprint density at radius 1 is 1.11 bits per heavy atom. The van der Waals surface area contributed by atoms with E-state index in [2.05, 4.69) is 84.0 Å². The van der Waals surface area contributed by atoms with Gasteiger partial charge in [0.15, 0.2) is 0 Å². The summed E-state index contributed by atoms with van der Waals surface area (Å²) in [6.07, 6.45) is 14.3. The van der Waals surface area contributed by atoms with Crippen molar-refractivity contribution in [2.75, 3.05) is 31.6 Å². The van der Waals surface area contributed by atoms with Crippen LogP contribution in [-0.4, -0.2) is 61.0 Å². The predicted molar refractivity (Wildman–Crippen MR) is 133 cm³/mol. The Hall–Kier alpha value is -0.610. The molecule has 0 rings (SSSR count). The van der Waals surface area contributed by atoms with Crippen LogP contribution in [-0.2, 0) is 0 Å². The number of hydrogen-bond donors (Lipinski definition) is 2. The molecule has 0 saturated carbocycles. The molecule has 0 radical (unpaired) electrons. The molecule has 0 fully saturated rings. The molecular formula is C23H49N3S. The van der Waals surface area contributed by atoms with Crippen LogP contribution in [0.25, 0.3) is 0 Å². The predicted octanol–water partition coefficient (Wildman–Crippen LogP) is 5.74. The molecule has 0 aromatic heterocycles. The van der Waals surface area contributed by atoms with Gasteiger partial charge in [-0.25, -0.2) is 4.99 Å². The van der Waals surface area contributed by atoms with Gasteiger partial charge in [-0.1, -0.05) is 60.5 Å². The molecule has 0 aliphatic heterocycles. The van der Waals surface area contributed by atoms with Crippen molar-refractivity contribution in [1.82, 2.24) is 5.32 Å². The fraction of sp³-hybridized carbons (Fsp3) is 0.826. The summed E-state index contributed by atoms with van der Waals surface area (Å²) in [4.78, 5) is 9.38. The molecule has 4 heteroatoms. The maximum absolute atomic E-state index is 5.13. The van der Waals surface area contributed by atoms with Crippen LogP contribution < -0.4 is 5.32 Å². The van der Waals surface area contributed by atoms with Crippen molar-refractivity contribution >= 4 is 21.7 Å². The average molecular weight is 400 g/mol. The minimum absolute atomic E-state index is 0.255. The van der Waals surface area contributed by atoms with Crippen molar-refractivity contribution in [3.05, 3.63) is 12.2 Å². The van der Waals surface area contributed by atoms with Crippen LogP contribution in [0.15, 0.2) is 22.1 Å². The second-order valence-electron chi connectivity index (χ2n) is 10.5. The van der Waals surface area contributed by atoms with Gasteiger partial charge in [-0.15, -0.1) is 0 Å². The summed E-state index contributed by atoms with van der Waals surface area (Å²) in [6.45, 7) is 19.6. The number of thiol groups is 1. The van der Waals surface area contributed by atoms with Crippen molar-refractivity contribution in [3.8, 4) is 0 Å². The first-order valence-electron chi connectivity index (χ1n) is 10.7. The summed E-state index contributed by atoms with van der Waals surface area (Å²) in [7, 11) is 0.157. The number of nitrogens with zero attached hydrogens (tertiary/aromatic N) is 2. The van der Waals surface area contributed by atoms with E-state index in [0.717, 1.165) is 36.4 Å². The molecule has 162 valence electrons. The van der Waals surface area contributed by atoms with Gasteiger partial charge in [-0.3, -0.25) is 14.2 Å². The quantitative estimate of drug-likeness (QED) is 0.245. The highest BCUT2D eigenvalue weighted by atomic mass is 32.3. The molecule has 0 heterocycles. The van der Waals surface area contributed by atoms with Gasteiger partial charge in [0, 0.05) is 6.04 Å². The Balaban J connectivity index is 5.81. The number of rotatable bonds is 12. The highest BCUT2D eigenvalue weighted by Crippen LogP contribution is 2.69. The lowest BCUT2D eigenvalue weighted by Gasteiger charge is -2.63. The average Bonchev–Trinajstić information content (AvgIpc) is 2.54. The Bertz CT molecular complexity index is 506. The first-order valence-corrected chi connectivity index (χ1v) is 14.5. The number of amidine groups is 1. The van der Waals surface area contributed by atoms with E-state index in [1.54, 1.807) is 0 Å². The number of unbranched alkanes of at least 4 members (excludes halogenated alkanes) is 1. The highest BCUT2D eigenvalue weighted by Gasteiger charge is 2.40. The van der Waals surface area contributed by atoms with E-state index in [-0.39, 0.29) is 6.04 Å². The van der Waals surface area contributed by atoms with E-state index in [1.807, 2.05) is 0 Å². The van der Waals surface area contributed by atoms with Gasteiger partial charge < -0.3 is 5.32 Å². The molecule has 1 N–H and O–H groups in total. The van der Waals surface area contributed by atoms with Crippen molar-refractivity contribution in [3.63, 3.8) is 0 Å². The van der Waals surface area contributed by atoms with Crippen molar-refractivity contribution in [2.24, 2.45) is 9.98 Å². The van der Waals surface area contributed by atoms with E-state index in [0.29, 0.717) is 10.8 Å². The summed E-state index contributed by atoms with van der Waals surface area (Å²) in [6, 6.07) is 0.751. The molecule has 0 bridgehead atoms. The molecular weight excluding hydrogens is 350 g/mol. The molecule has 0 amide bonds. The normalized spacial score (nSPS) is 17.1. The highest BCUT2D eigenvalue weighted by molar-refractivity contribution is 8.49. The Kier molecular flexibility index (Phi) is 10.6. The molecule has 0 aliphatic carbocycles. The molecule has 2 atom stereocenters. The van der Waals surface area contributed by atoms with Gasteiger partial charge in [0.25, 0.3) is 0 Å². The molecule has 0 aromatic rings. The topological polar surface area (TPSA) is 36.8 Å². The fourth-order valence-electron chi connectivity index (χ4n) is 3.17. The lowest BCUT2D eigenvalue weighted by Crippen LogP contribution is -2.42. The van der Waals surface area contributed by atoms with Crippen LogP contribution in [0.2, 0.25) is 0 Å². The molecule has 0 saturated heterocycles. The van der Waals surface area contributed by atoms with Gasteiger partial charge in [0.1, 0.15) is 5.84 Å². The summed E-state index contributed by atoms with van der Waals surface area (Å²) in [5, 5.41) is 3.53. The zero-order valence-electron chi connectivity index (χ0n) is 19.9. The first-order chi connectivity index (χ1) is 12.3. The SMILES string of the molecule is C=N/C(=N\C(CC(CCCC)NC)C[SH](C)(C)(C)C(C)(C)C)C(=C)CCC. The third kappa shape index (κ3) is 8.51.